The molecule has 0 spiro atoms. The van der Waals surface area contributed by atoms with Crippen LogP contribution in [0.4, 0.5) is 11.4 Å². The Morgan fingerprint density at radius 2 is 2.12 bits per heavy atom. The van der Waals surface area contributed by atoms with Gasteiger partial charge in [0.15, 0.2) is 0 Å². The minimum absolute atomic E-state index is 0.0250. The van der Waals surface area contributed by atoms with Crippen molar-refractivity contribution in [2.24, 2.45) is 0 Å². The first-order valence-electron chi connectivity index (χ1n) is 5.96. The van der Waals surface area contributed by atoms with Crippen LogP contribution in [-0.4, -0.2) is 19.1 Å². The lowest BCUT2D eigenvalue weighted by molar-refractivity contribution is -0.116. The molecule has 0 unspecified atom stereocenters. The van der Waals surface area contributed by atoms with Crippen LogP contribution >= 0.6 is 0 Å². The highest BCUT2D eigenvalue weighted by molar-refractivity contribution is 5.93. The van der Waals surface area contributed by atoms with Gasteiger partial charge < -0.3 is 15.8 Å². The summed E-state index contributed by atoms with van der Waals surface area (Å²) in [6.45, 7) is 3.45. The number of carbonyl (C=O) groups is 1. The third-order valence-electron chi connectivity index (χ3n) is 2.28. The van der Waals surface area contributed by atoms with Gasteiger partial charge in [0.1, 0.15) is 0 Å². The molecule has 3 N–H and O–H groups in total. The summed E-state index contributed by atoms with van der Waals surface area (Å²) in [4.78, 5) is 11.6. The number of amides is 1. The number of ether oxygens (including phenoxy) is 1. The molecule has 0 saturated heterocycles. The predicted octanol–water partition coefficient (Wildman–Crippen LogP) is 2.41. The molecule has 1 aromatic rings. The Labute approximate surface area is 102 Å². The Morgan fingerprint density at radius 3 is 2.82 bits per heavy atom. The molecule has 0 bridgehead atoms. The van der Waals surface area contributed by atoms with Crippen molar-refractivity contribution in [3.63, 3.8) is 0 Å². The molecule has 0 aliphatic rings. The molecular formula is C13H20N2O2. The van der Waals surface area contributed by atoms with Crippen molar-refractivity contribution in [2.75, 3.05) is 24.3 Å². The van der Waals surface area contributed by atoms with E-state index in [0.29, 0.717) is 24.4 Å². The van der Waals surface area contributed by atoms with Gasteiger partial charge in [-0.25, -0.2) is 0 Å². The van der Waals surface area contributed by atoms with Gasteiger partial charge >= 0.3 is 0 Å². The minimum Gasteiger partial charge on any atom is -0.397 e. The first-order chi connectivity index (χ1) is 8.24. The molecule has 4 nitrogen and oxygen atoms in total. The average molecular weight is 236 g/mol. The Kier molecular flexibility index (Phi) is 6.10. The van der Waals surface area contributed by atoms with Gasteiger partial charge in [-0.05, 0) is 25.0 Å². The molecule has 0 atom stereocenters. The van der Waals surface area contributed by atoms with Gasteiger partial charge in [-0.1, -0.05) is 19.1 Å². The SMILES string of the molecule is CCCOCCCC(=O)Nc1ccccc1N. The van der Waals surface area contributed by atoms with Gasteiger partial charge in [-0.15, -0.1) is 0 Å². The largest absolute Gasteiger partial charge is 0.397 e. The van der Waals surface area contributed by atoms with Crippen LogP contribution in [0.2, 0.25) is 0 Å². The maximum atomic E-state index is 11.6. The number of hydrogen-bond donors (Lipinski definition) is 2. The van der Waals surface area contributed by atoms with Crippen LogP contribution in [0.1, 0.15) is 26.2 Å². The number of anilines is 2. The van der Waals surface area contributed by atoms with Gasteiger partial charge in [0.05, 0.1) is 11.4 Å². The summed E-state index contributed by atoms with van der Waals surface area (Å²) in [5.74, 6) is -0.0250. The number of nitrogens with one attached hydrogen (secondary N) is 1. The summed E-state index contributed by atoms with van der Waals surface area (Å²) in [7, 11) is 0. The average Bonchev–Trinajstić information content (AvgIpc) is 2.32. The van der Waals surface area contributed by atoms with Gasteiger partial charge in [-0.2, -0.15) is 0 Å². The van der Waals surface area contributed by atoms with Crippen molar-refractivity contribution in [3.05, 3.63) is 24.3 Å². The van der Waals surface area contributed by atoms with Gasteiger partial charge in [-0.3, -0.25) is 4.79 Å². The maximum absolute atomic E-state index is 11.6. The number of carbonyl (C=O) groups excluding carboxylic acids is 1. The van der Waals surface area contributed by atoms with E-state index in [4.69, 9.17) is 10.5 Å². The molecular weight excluding hydrogens is 216 g/mol. The van der Waals surface area contributed by atoms with Gasteiger partial charge in [0.2, 0.25) is 5.91 Å². The van der Waals surface area contributed by atoms with Crippen LogP contribution in [0.3, 0.4) is 0 Å². The van der Waals surface area contributed by atoms with Crippen molar-refractivity contribution >= 4 is 17.3 Å². The fraction of sp³-hybridized carbons (Fsp3) is 0.462. The number of rotatable bonds is 7. The molecule has 4 heteroatoms. The van der Waals surface area contributed by atoms with Crippen molar-refractivity contribution in [2.45, 2.75) is 26.2 Å². The standard InChI is InChI=1S/C13H20N2O2/c1-2-9-17-10-5-8-13(16)15-12-7-4-3-6-11(12)14/h3-4,6-7H,2,5,8-10,14H2,1H3,(H,15,16). The van der Waals surface area contributed by atoms with E-state index in [0.717, 1.165) is 19.4 Å². The fourth-order valence-corrected chi connectivity index (χ4v) is 1.40. The monoisotopic (exact) mass is 236 g/mol. The van der Waals surface area contributed by atoms with Crippen LogP contribution in [0.15, 0.2) is 24.3 Å². The molecule has 0 radical (unpaired) electrons. The predicted molar refractivity (Wildman–Crippen MR) is 69.8 cm³/mol. The molecule has 0 fully saturated rings. The zero-order valence-electron chi connectivity index (χ0n) is 10.2. The molecule has 17 heavy (non-hydrogen) atoms. The van der Waals surface area contributed by atoms with Gasteiger partial charge in [0.25, 0.3) is 0 Å². The summed E-state index contributed by atoms with van der Waals surface area (Å²) in [5.41, 5.74) is 6.98. The topological polar surface area (TPSA) is 64.3 Å². The number of benzene rings is 1. The third-order valence-corrected chi connectivity index (χ3v) is 2.28. The van der Waals surface area contributed by atoms with E-state index in [1.54, 1.807) is 12.1 Å². The smallest absolute Gasteiger partial charge is 0.224 e. The van der Waals surface area contributed by atoms with E-state index in [1.165, 1.54) is 0 Å². The zero-order chi connectivity index (χ0) is 12.5. The van der Waals surface area contributed by atoms with Crippen LogP contribution < -0.4 is 11.1 Å². The van der Waals surface area contributed by atoms with Crippen LogP contribution in [-0.2, 0) is 9.53 Å². The highest BCUT2D eigenvalue weighted by Crippen LogP contribution is 2.16. The lowest BCUT2D eigenvalue weighted by atomic mass is 10.2. The fourth-order valence-electron chi connectivity index (χ4n) is 1.40. The summed E-state index contributed by atoms with van der Waals surface area (Å²) in [5, 5.41) is 2.78. The van der Waals surface area contributed by atoms with Gasteiger partial charge in [0, 0.05) is 19.6 Å². The quantitative estimate of drug-likeness (QED) is 0.564. The Morgan fingerprint density at radius 1 is 1.35 bits per heavy atom. The number of nitrogen functional groups attached to an aromatic ring is 1. The lowest BCUT2D eigenvalue weighted by Crippen LogP contribution is -2.13. The van der Waals surface area contributed by atoms with E-state index in [-0.39, 0.29) is 5.91 Å². The second-order valence-corrected chi connectivity index (χ2v) is 3.85. The molecule has 1 aromatic carbocycles. The summed E-state index contributed by atoms with van der Waals surface area (Å²) >= 11 is 0. The first-order valence-corrected chi connectivity index (χ1v) is 5.96. The minimum atomic E-state index is -0.0250. The molecule has 0 heterocycles. The van der Waals surface area contributed by atoms with E-state index >= 15 is 0 Å². The second-order valence-electron chi connectivity index (χ2n) is 3.85. The number of nitrogens with two attached hydrogens (primary N) is 1. The lowest BCUT2D eigenvalue weighted by Gasteiger charge is -2.07. The molecule has 94 valence electrons. The van der Waals surface area contributed by atoms with E-state index in [1.807, 2.05) is 12.1 Å². The molecule has 1 amide bonds. The van der Waals surface area contributed by atoms with E-state index in [9.17, 15) is 4.79 Å². The number of para-hydroxylation sites is 2. The molecule has 0 aromatic heterocycles. The van der Waals surface area contributed by atoms with Crippen molar-refractivity contribution in [3.8, 4) is 0 Å². The molecule has 0 aliphatic heterocycles. The van der Waals surface area contributed by atoms with E-state index in [2.05, 4.69) is 12.2 Å². The second kappa shape index (κ2) is 7.68. The Bertz CT molecular complexity index is 353. The molecule has 0 aliphatic carbocycles. The summed E-state index contributed by atoms with van der Waals surface area (Å²) in [6.07, 6.45) is 2.20. The van der Waals surface area contributed by atoms with Crippen LogP contribution in [0.25, 0.3) is 0 Å². The van der Waals surface area contributed by atoms with Crippen molar-refractivity contribution in [1.29, 1.82) is 0 Å². The van der Waals surface area contributed by atoms with Crippen molar-refractivity contribution in [1.82, 2.24) is 0 Å². The maximum Gasteiger partial charge on any atom is 0.224 e. The zero-order valence-corrected chi connectivity index (χ0v) is 10.2. The first kappa shape index (κ1) is 13.5. The van der Waals surface area contributed by atoms with Crippen molar-refractivity contribution < 1.29 is 9.53 Å². The number of hydrogen-bond acceptors (Lipinski definition) is 3. The highest BCUT2D eigenvalue weighted by Gasteiger charge is 2.04. The summed E-state index contributed by atoms with van der Waals surface area (Å²) < 4.78 is 5.30. The molecule has 0 saturated carbocycles. The highest BCUT2D eigenvalue weighted by atomic mass is 16.5. The van der Waals surface area contributed by atoms with Crippen LogP contribution in [0.5, 0.6) is 0 Å². The normalized spacial score (nSPS) is 10.2. The third kappa shape index (κ3) is 5.36. The van der Waals surface area contributed by atoms with Crippen LogP contribution in [0, 0.1) is 0 Å². The summed E-state index contributed by atoms with van der Waals surface area (Å²) in [6, 6.07) is 7.24. The Hall–Kier alpha value is -1.55. The van der Waals surface area contributed by atoms with E-state index < -0.39 is 0 Å². The molecule has 1 rings (SSSR count). The Balaban J connectivity index is 2.23.